The van der Waals surface area contributed by atoms with Gasteiger partial charge in [-0.05, 0) is 32.0 Å². The van der Waals surface area contributed by atoms with Crippen LogP contribution in [0.3, 0.4) is 0 Å². The number of nitrogens with zero attached hydrogens (tertiary/aromatic N) is 7. The Morgan fingerprint density at radius 3 is 2.37 bits per heavy atom. The minimum absolute atomic E-state index is 0.720. The summed E-state index contributed by atoms with van der Waals surface area (Å²) in [4.78, 5) is 13.6. The van der Waals surface area contributed by atoms with Crippen molar-refractivity contribution in [3.8, 4) is 11.9 Å². The van der Waals surface area contributed by atoms with E-state index in [0.29, 0.717) is 0 Å². The average molecular weight is 359 g/mol. The van der Waals surface area contributed by atoms with Gasteiger partial charge in [-0.25, -0.2) is 9.67 Å². The summed E-state index contributed by atoms with van der Waals surface area (Å²) in [6, 6.07) is 12.1. The van der Waals surface area contributed by atoms with Crippen molar-refractivity contribution in [2.24, 2.45) is 0 Å². The Balaban J connectivity index is 1.51. The molecule has 0 amide bonds. The van der Waals surface area contributed by atoms with Crippen LogP contribution in [0.25, 0.3) is 5.82 Å². The van der Waals surface area contributed by atoms with Gasteiger partial charge in [-0.1, -0.05) is 12.1 Å². The summed E-state index contributed by atoms with van der Waals surface area (Å²) in [6.45, 7) is 7.32. The van der Waals surface area contributed by atoms with Crippen molar-refractivity contribution >= 4 is 11.5 Å². The van der Waals surface area contributed by atoms with E-state index in [1.54, 1.807) is 12.4 Å². The van der Waals surface area contributed by atoms with Crippen LogP contribution in [0.4, 0.5) is 11.5 Å². The van der Waals surface area contributed by atoms with Crippen LogP contribution >= 0.6 is 0 Å². The number of rotatable bonds is 3. The van der Waals surface area contributed by atoms with Crippen molar-refractivity contribution < 1.29 is 0 Å². The van der Waals surface area contributed by atoms with Gasteiger partial charge >= 0.3 is 0 Å². The van der Waals surface area contributed by atoms with Crippen LogP contribution < -0.4 is 9.80 Å². The van der Waals surface area contributed by atoms with Gasteiger partial charge in [0.25, 0.3) is 0 Å². The Hall–Kier alpha value is -3.40. The molecule has 136 valence electrons. The summed E-state index contributed by atoms with van der Waals surface area (Å²) in [5.41, 5.74) is 3.72. The molecule has 1 aliphatic rings. The third-order valence-electron chi connectivity index (χ3n) is 4.80. The van der Waals surface area contributed by atoms with Crippen LogP contribution in [0.5, 0.6) is 0 Å². The lowest BCUT2D eigenvalue weighted by atomic mass is 10.1. The normalized spacial score (nSPS) is 14.3. The lowest BCUT2D eigenvalue weighted by Gasteiger charge is -2.37. The summed E-state index contributed by atoms with van der Waals surface area (Å²) < 4.78 is 1.82. The maximum atomic E-state index is 9.33. The molecule has 0 aliphatic carbocycles. The smallest absolute Gasteiger partial charge is 0.174 e. The van der Waals surface area contributed by atoms with E-state index in [9.17, 15) is 5.26 Å². The van der Waals surface area contributed by atoms with Gasteiger partial charge in [-0.15, -0.1) is 0 Å². The van der Waals surface area contributed by atoms with Gasteiger partial charge in [-0.2, -0.15) is 10.4 Å². The molecule has 7 nitrogen and oxygen atoms in total. The highest BCUT2D eigenvalue weighted by Crippen LogP contribution is 2.23. The molecular weight excluding hydrogens is 338 g/mol. The second-order valence-corrected chi connectivity index (χ2v) is 6.68. The number of para-hydroxylation sites is 1. The highest BCUT2D eigenvalue weighted by molar-refractivity contribution is 5.60. The lowest BCUT2D eigenvalue weighted by Crippen LogP contribution is -2.47. The van der Waals surface area contributed by atoms with Crippen LogP contribution in [0.15, 0.2) is 42.7 Å². The molecule has 0 atom stereocenters. The van der Waals surface area contributed by atoms with E-state index in [1.165, 1.54) is 0 Å². The standard InChI is InChI=1S/C20H21N7/c1-15-11-16(2)27(24-15)20-14-22-13-19(23-20)26-9-7-25(8-10-26)18-6-4-3-5-17(18)12-21/h3-6,11,13-14H,7-10H2,1-2H3. The number of nitriles is 1. The molecule has 4 rings (SSSR count). The molecule has 0 unspecified atom stereocenters. The zero-order valence-electron chi connectivity index (χ0n) is 15.5. The van der Waals surface area contributed by atoms with E-state index < -0.39 is 0 Å². The number of hydrogen-bond acceptors (Lipinski definition) is 6. The third-order valence-corrected chi connectivity index (χ3v) is 4.80. The lowest BCUT2D eigenvalue weighted by molar-refractivity contribution is 0.643. The average Bonchev–Trinajstić information content (AvgIpc) is 3.06. The SMILES string of the molecule is Cc1cc(C)n(-c2cncc(N3CCN(c4ccccc4C#N)CC3)n2)n1. The predicted octanol–water partition coefficient (Wildman–Crippen LogP) is 2.48. The van der Waals surface area contributed by atoms with Crippen LogP contribution in [-0.2, 0) is 0 Å². The quantitative estimate of drug-likeness (QED) is 0.715. The van der Waals surface area contributed by atoms with Gasteiger partial charge in [0.2, 0.25) is 0 Å². The first-order chi connectivity index (χ1) is 13.2. The highest BCUT2D eigenvalue weighted by Gasteiger charge is 2.21. The van der Waals surface area contributed by atoms with Crippen molar-refractivity contribution in [2.75, 3.05) is 36.0 Å². The second kappa shape index (κ2) is 7.08. The molecule has 3 aromatic rings. The fourth-order valence-electron chi connectivity index (χ4n) is 3.48. The van der Waals surface area contributed by atoms with Crippen molar-refractivity contribution in [1.82, 2.24) is 19.7 Å². The number of benzene rings is 1. The van der Waals surface area contributed by atoms with E-state index in [4.69, 9.17) is 4.98 Å². The van der Waals surface area contributed by atoms with Gasteiger partial charge in [-0.3, -0.25) is 4.98 Å². The van der Waals surface area contributed by atoms with E-state index in [1.807, 2.05) is 48.9 Å². The fraction of sp³-hybridized carbons (Fsp3) is 0.300. The Bertz CT molecular complexity index is 994. The number of piperazine rings is 1. The molecule has 7 heteroatoms. The summed E-state index contributed by atoms with van der Waals surface area (Å²) in [5.74, 6) is 1.59. The third kappa shape index (κ3) is 3.34. The van der Waals surface area contributed by atoms with Gasteiger partial charge in [0.1, 0.15) is 11.9 Å². The summed E-state index contributed by atoms with van der Waals surface area (Å²) >= 11 is 0. The minimum Gasteiger partial charge on any atom is -0.367 e. The van der Waals surface area contributed by atoms with Crippen molar-refractivity contribution in [3.05, 3.63) is 59.7 Å². The van der Waals surface area contributed by atoms with Crippen LogP contribution in [0.1, 0.15) is 17.0 Å². The number of anilines is 2. The molecule has 0 saturated carbocycles. The van der Waals surface area contributed by atoms with Gasteiger partial charge in [0.05, 0.1) is 29.3 Å². The number of aromatic nitrogens is 4. The first-order valence-electron chi connectivity index (χ1n) is 9.00. The van der Waals surface area contributed by atoms with E-state index in [-0.39, 0.29) is 0 Å². The molecular formula is C20H21N7. The van der Waals surface area contributed by atoms with Gasteiger partial charge in [0.15, 0.2) is 5.82 Å². The summed E-state index contributed by atoms with van der Waals surface area (Å²) in [7, 11) is 0. The first-order valence-corrected chi connectivity index (χ1v) is 9.00. The van der Waals surface area contributed by atoms with Crippen molar-refractivity contribution in [2.45, 2.75) is 13.8 Å². The maximum absolute atomic E-state index is 9.33. The summed E-state index contributed by atoms with van der Waals surface area (Å²) in [5, 5.41) is 13.8. The Morgan fingerprint density at radius 1 is 0.963 bits per heavy atom. The fourth-order valence-corrected chi connectivity index (χ4v) is 3.48. The van der Waals surface area contributed by atoms with Crippen LogP contribution in [-0.4, -0.2) is 45.9 Å². The first kappa shape index (κ1) is 17.0. The Kier molecular flexibility index (Phi) is 4.47. The molecule has 1 saturated heterocycles. The Morgan fingerprint density at radius 2 is 1.67 bits per heavy atom. The molecule has 0 radical (unpaired) electrons. The molecule has 27 heavy (non-hydrogen) atoms. The highest BCUT2D eigenvalue weighted by atomic mass is 15.3. The topological polar surface area (TPSA) is 73.9 Å². The number of aryl methyl sites for hydroxylation is 2. The van der Waals surface area contributed by atoms with Gasteiger partial charge < -0.3 is 9.80 Å². The summed E-state index contributed by atoms with van der Waals surface area (Å²) in [6.07, 6.45) is 3.54. The molecule has 0 spiro atoms. The largest absolute Gasteiger partial charge is 0.367 e. The molecule has 1 aromatic carbocycles. The van der Waals surface area contributed by atoms with E-state index in [0.717, 1.165) is 60.5 Å². The zero-order valence-corrected chi connectivity index (χ0v) is 15.5. The van der Waals surface area contributed by atoms with E-state index in [2.05, 4.69) is 26.0 Å². The van der Waals surface area contributed by atoms with Crippen LogP contribution in [0.2, 0.25) is 0 Å². The van der Waals surface area contributed by atoms with Crippen LogP contribution in [0, 0.1) is 25.2 Å². The van der Waals surface area contributed by atoms with Gasteiger partial charge in [0, 0.05) is 31.9 Å². The predicted molar refractivity (Wildman–Crippen MR) is 104 cm³/mol. The van der Waals surface area contributed by atoms with Crippen molar-refractivity contribution in [1.29, 1.82) is 5.26 Å². The second-order valence-electron chi connectivity index (χ2n) is 6.68. The Labute approximate surface area is 158 Å². The zero-order chi connectivity index (χ0) is 18.8. The minimum atomic E-state index is 0.720. The van der Waals surface area contributed by atoms with Crippen molar-refractivity contribution in [3.63, 3.8) is 0 Å². The molecule has 0 bridgehead atoms. The molecule has 0 N–H and O–H groups in total. The molecule has 2 aromatic heterocycles. The molecule has 1 fully saturated rings. The van der Waals surface area contributed by atoms with E-state index >= 15 is 0 Å². The maximum Gasteiger partial charge on any atom is 0.174 e. The molecule has 1 aliphatic heterocycles. The molecule has 3 heterocycles. The monoisotopic (exact) mass is 359 g/mol. The number of hydrogen-bond donors (Lipinski definition) is 0.